The van der Waals surface area contributed by atoms with Gasteiger partial charge >= 0.3 is 0 Å². The van der Waals surface area contributed by atoms with E-state index in [1.165, 1.54) is 0 Å². The maximum absolute atomic E-state index is 10.9. The molecule has 0 unspecified atom stereocenters. The van der Waals surface area contributed by atoms with E-state index in [0.29, 0.717) is 6.61 Å². The highest BCUT2D eigenvalue weighted by atomic mass is 16.5. The minimum atomic E-state index is -0.120. The van der Waals surface area contributed by atoms with Crippen molar-refractivity contribution in [3.8, 4) is 0 Å². The number of hydrogen-bond donors (Lipinski definition) is 2. The quantitative estimate of drug-likeness (QED) is 0.293. The lowest BCUT2D eigenvalue weighted by Gasteiger charge is -2.10. The fourth-order valence-corrected chi connectivity index (χ4v) is 1.18. The monoisotopic (exact) mass is 144 g/mol. The lowest BCUT2D eigenvalue weighted by atomic mass is 10.0. The summed E-state index contributed by atoms with van der Waals surface area (Å²) in [6.07, 6.45) is 0.799. The highest BCUT2D eigenvalue weighted by molar-refractivity contribution is 5.78. The maximum Gasteiger partial charge on any atom is 0.239 e. The lowest BCUT2D eigenvalue weighted by molar-refractivity contribution is -0.126. The van der Waals surface area contributed by atoms with E-state index in [4.69, 9.17) is 10.6 Å². The molecule has 0 bridgehead atoms. The molecule has 2 atom stereocenters. The van der Waals surface area contributed by atoms with Crippen molar-refractivity contribution in [1.82, 2.24) is 5.43 Å². The van der Waals surface area contributed by atoms with E-state index in [1.54, 1.807) is 0 Å². The molecule has 1 amide bonds. The number of carbonyl (C=O) groups excluding carboxylic acids is 1. The summed E-state index contributed by atoms with van der Waals surface area (Å²) < 4.78 is 5.17. The van der Waals surface area contributed by atoms with Crippen LogP contribution in [-0.2, 0) is 9.53 Å². The van der Waals surface area contributed by atoms with Crippen LogP contribution in [0.3, 0.4) is 0 Å². The number of ether oxygens (including phenoxy) is 1. The first-order chi connectivity index (χ1) is 4.75. The van der Waals surface area contributed by atoms with Crippen LogP contribution in [0.4, 0.5) is 0 Å². The van der Waals surface area contributed by atoms with Crippen molar-refractivity contribution in [3.05, 3.63) is 0 Å². The smallest absolute Gasteiger partial charge is 0.239 e. The Balaban J connectivity index is 2.46. The van der Waals surface area contributed by atoms with Crippen molar-refractivity contribution >= 4 is 5.91 Å². The second-order valence-corrected chi connectivity index (χ2v) is 2.48. The maximum atomic E-state index is 10.9. The average Bonchev–Trinajstić information content (AvgIpc) is 2.34. The topological polar surface area (TPSA) is 64.3 Å². The van der Waals surface area contributed by atoms with Gasteiger partial charge in [-0.2, -0.15) is 0 Å². The van der Waals surface area contributed by atoms with Crippen molar-refractivity contribution in [3.63, 3.8) is 0 Å². The van der Waals surface area contributed by atoms with Crippen molar-refractivity contribution in [2.75, 3.05) is 6.61 Å². The van der Waals surface area contributed by atoms with Gasteiger partial charge in [0.05, 0.1) is 12.0 Å². The Morgan fingerprint density at radius 3 is 2.90 bits per heavy atom. The highest BCUT2D eigenvalue weighted by Crippen LogP contribution is 2.19. The third-order valence-corrected chi connectivity index (χ3v) is 1.86. The van der Waals surface area contributed by atoms with Crippen LogP contribution in [0, 0.1) is 5.92 Å². The average molecular weight is 144 g/mol. The SMILES string of the molecule is C[C@@H]1OCC[C@@H]1C(=O)NN. The Morgan fingerprint density at radius 1 is 1.80 bits per heavy atom. The van der Waals surface area contributed by atoms with E-state index in [9.17, 15) is 4.79 Å². The first kappa shape index (κ1) is 7.50. The predicted octanol–water partition coefficient (Wildman–Crippen LogP) is -0.599. The molecule has 1 saturated heterocycles. The molecule has 0 aromatic heterocycles. The van der Waals surface area contributed by atoms with E-state index < -0.39 is 0 Å². The molecule has 4 nitrogen and oxygen atoms in total. The van der Waals surface area contributed by atoms with Crippen LogP contribution >= 0.6 is 0 Å². The van der Waals surface area contributed by atoms with Crippen LogP contribution < -0.4 is 11.3 Å². The second-order valence-electron chi connectivity index (χ2n) is 2.48. The van der Waals surface area contributed by atoms with Gasteiger partial charge in [0, 0.05) is 6.61 Å². The molecule has 0 aromatic carbocycles. The van der Waals surface area contributed by atoms with Crippen molar-refractivity contribution in [2.24, 2.45) is 11.8 Å². The van der Waals surface area contributed by atoms with E-state index in [0.717, 1.165) is 6.42 Å². The molecule has 0 radical (unpaired) electrons. The largest absolute Gasteiger partial charge is 0.378 e. The van der Waals surface area contributed by atoms with Crippen LogP contribution in [-0.4, -0.2) is 18.6 Å². The van der Waals surface area contributed by atoms with Gasteiger partial charge in [0.1, 0.15) is 0 Å². The van der Waals surface area contributed by atoms with Gasteiger partial charge in [-0.3, -0.25) is 10.2 Å². The van der Waals surface area contributed by atoms with Gasteiger partial charge in [-0.25, -0.2) is 5.84 Å². The standard InChI is InChI=1S/C6H12N2O2/c1-4-5(2-3-10-4)6(9)8-7/h4-5H,2-3,7H2,1H3,(H,8,9)/t4-,5-/m0/s1. The van der Waals surface area contributed by atoms with Crippen molar-refractivity contribution < 1.29 is 9.53 Å². The number of hydrogen-bond acceptors (Lipinski definition) is 3. The van der Waals surface area contributed by atoms with Crippen molar-refractivity contribution in [1.29, 1.82) is 0 Å². The molecule has 1 aliphatic heterocycles. The number of carbonyl (C=O) groups is 1. The number of hydrazine groups is 1. The third kappa shape index (κ3) is 1.27. The minimum Gasteiger partial charge on any atom is -0.378 e. The molecule has 4 heteroatoms. The molecule has 0 aliphatic carbocycles. The highest BCUT2D eigenvalue weighted by Gasteiger charge is 2.29. The van der Waals surface area contributed by atoms with Crippen LogP contribution in [0.2, 0.25) is 0 Å². The zero-order chi connectivity index (χ0) is 7.56. The Morgan fingerprint density at radius 2 is 2.50 bits per heavy atom. The van der Waals surface area contributed by atoms with Gasteiger partial charge in [-0.05, 0) is 13.3 Å². The number of rotatable bonds is 1. The van der Waals surface area contributed by atoms with Crippen molar-refractivity contribution in [2.45, 2.75) is 19.4 Å². The summed E-state index contributed by atoms with van der Waals surface area (Å²) in [6, 6.07) is 0. The van der Waals surface area contributed by atoms with Gasteiger partial charge < -0.3 is 4.74 Å². The Kier molecular flexibility index (Phi) is 2.24. The molecule has 0 aromatic rings. The summed E-state index contributed by atoms with van der Waals surface area (Å²) in [5.41, 5.74) is 2.12. The number of amides is 1. The van der Waals surface area contributed by atoms with Crippen LogP contribution in [0.25, 0.3) is 0 Å². The minimum absolute atomic E-state index is 0.0172. The molecule has 10 heavy (non-hydrogen) atoms. The van der Waals surface area contributed by atoms with Crippen LogP contribution in [0.15, 0.2) is 0 Å². The summed E-state index contributed by atoms with van der Waals surface area (Å²) in [6.45, 7) is 2.55. The van der Waals surface area contributed by atoms with E-state index in [2.05, 4.69) is 5.43 Å². The number of nitrogens with one attached hydrogen (secondary N) is 1. The zero-order valence-electron chi connectivity index (χ0n) is 5.96. The summed E-state index contributed by atoms with van der Waals surface area (Å²) in [5.74, 6) is 4.79. The van der Waals surface area contributed by atoms with Crippen LogP contribution in [0.1, 0.15) is 13.3 Å². The molecule has 1 heterocycles. The zero-order valence-corrected chi connectivity index (χ0v) is 5.96. The normalized spacial score (nSPS) is 32.2. The molecule has 1 aliphatic rings. The van der Waals surface area contributed by atoms with E-state index in [-0.39, 0.29) is 17.9 Å². The summed E-state index contributed by atoms with van der Waals surface area (Å²) in [7, 11) is 0. The fraction of sp³-hybridized carbons (Fsp3) is 0.833. The van der Waals surface area contributed by atoms with Gasteiger partial charge in [-0.15, -0.1) is 0 Å². The Bertz CT molecular complexity index is 138. The van der Waals surface area contributed by atoms with Gasteiger partial charge in [0.15, 0.2) is 0 Å². The molecular formula is C6H12N2O2. The first-order valence-corrected chi connectivity index (χ1v) is 3.37. The number of nitrogens with two attached hydrogens (primary N) is 1. The summed E-state index contributed by atoms with van der Waals surface area (Å²) >= 11 is 0. The second kappa shape index (κ2) is 2.98. The Labute approximate surface area is 59.7 Å². The first-order valence-electron chi connectivity index (χ1n) is 3.37. The van der Waals surface area contributed by atoms with Gasteiger partial charge in [-0.1, -0.05) is 0 Å². The molecule has 0 saturated carbocycles. The van der Waals surface area contributed by atoms with E-state index in [1.807, 2.05) is 6.92 Å². The molecule has 1 fully saturated rings. The molecule has 3 N–H and O–H groups in total. The lowest BCUT2D eigenvalue weighted by Crippen LogP contribution is -2.38. The molecular weight excluding hydrogens is 132 g/mol. The summed E-state index contributed by atoms with van der Waals surface area (Å²) in [4.78, 5) is 10.9. The van der Waals surface area contributed by atoms with E-state index >= 15 is 0 Å². The molecule has 58 valence electrons. The predicted molar refractivity (Wildman–Crippen MR) is 35.9 cm³/mol. The van der Waals surface area contributed by atoms with Gasteiger partial charge in [0.2, 0.25) is 5.91 Å². The third-order valence-electron chi connectivity index (χ3n) is 1.86. The Hall–Kier alpha value is -0.610. The van der Waals surface area contributed by atoms with Crippen LogP contribution in [0.5, 0.6) is 0 Å². The fourth-order valence-electron chi connectivity index (χ4n) is 1.18. The molecule has 0 spiro atoms. The van der Waals surface area contributed by atoms with Gasteiger partial charge in [0.25, 0.3) is 0 Å². The molecule has 1 rings (SSSR count). The summed E-state index contributed by atoms with van der Waals surface area (Å²) in [5, 5.41) is 0.